The van der Waals surface area contributed by atoms with Gasteiger partial charge >= 0.3 is 0 Å². The average molecular weight is 392 g/mol. The van der Waals surface area contributed by atoms with Crippen molar-refractivity contribution in [1.82, 2.24) is 0 Å². The first-order chi connectivity index (χ1) is 12.7. The molecule has 5 nitrogen and oxygen atoms in total. The minimum absolute atomic E-state index is 0.0134. The summed E-state index contributed by atoms with van der Waals surface area (Å²) < 4.78 is 45.7. The summed E-state index contributed by atoms with van der Waals surface area (Å²) in [6.45, 7) is 3.46. The van der Waals surface area contributed by atoms with Gasteiger partial charge in [-0.1, -0.05) is 29.4 Å². The lowest BCUT2D eigenvalue weighted by molar-refractivity contribution is 0.0123. The maximum absolute atomic E-state index is 14.1. The molecule has 0 N–H and O–H groups in total. The summed E-state index contributed by atoms with van der Waals surface area (Å²) in [6, 6.07) is 11.4. The minimum Gasteiger partial charge on any atom is -0.389 e. The van der Waals surface area contributed by atoms with E-state index in [0.717, 1.165) is 12.1 Å². The zero-order valence-corrected chi connectivity index (χ0v) is 15.6. The first-order valence-corrected chi connectivity index (χ1v) is 9.91. The molecule has 142 valence electrons. The first-order valence-electron chi connectivity index (χ1n) is 8.22. The lowest BCUT2D eigenvalue weighted by Crippen LogP contribution is -2.24. The predicted octanol–water partition coefficient (Wildman–Crippen LogP) is 4.29. The molecule has 0 fully saturated rings. The Morgan fingerprint density at radius 1 is 1.15 bits per heavy atom. The average Bonchev–Trinajstić information content (AvgIpc) is 3.00. The van der Waals surface area contributed by atoms with Gasteiger partial charge in [-0.15, -0.1) is 0 Å². The van der Waals surface area contributed by atoms with Crippen molar-refractivity contribution in [3.63, 3.8) is 0 Å². The van der Waals surface area contributed by atoms with E-state index < -0.39 is 44.2 Å². The number of hydrogen-bond acceptors (Lipinski definition) is 4. The molecule has 1 aliphatic heterocycles. The molecule has 1 unspecified atom stereocenters. The van der Waals surface area contributed by atoms with Crippen molar-refractivity contribution in [3.8, 4) is 0 Å². The van der Waals surface area contributed by atoms with Crippen molar-refractivity contribution in [2.45, 2.75) is 31.6 Å². The molecule has 1 amide bonds. The SMILES string of the molecule is CC1(C)CC(S(=O)(Cc2c(F)cccc2F)=NC(=O)c2ccccc2)=NO1. The lowest BCUT2D eigenvalue weighted by atomic mass is 10.1. The van der Waals surface area contributed by atoms with Crippen LogP contribution in [0.3, 0.4) is 0 Å². The third-order valence-electron chi connectivity index (χ3n) is 3.99. The van der Waals surface area contributed by atoms with E-state index in [1.165, 1.54) is 18.2 Å². The van der Waals surface area contributed by atoms with Crippen LogP contribution in [0.15, 0.2) is 58.0 Å². The number of benzene rings is 2. The Hall–Kier alpha value is -2.61. The molecule has 0 bridgehead atoms. The van der Waals surface area contributed by atoms with Gasteiger partial charge in [0.15, 0.2) is 5.04 Å². The molecule has 8 heteroatoms. The van der Waals surface area contributed by atoms with Crippen LogP contribution in [0.4, 0.5) is 8.78 Å². The summed E-state index contributed by atoms with van der Waals surface area (Å²) in [5.74, 6) is -3.07. The van der Waals surface area contributed by atoms with Crippen LogP contribution in [0.2, 0.25) is 0 Å². The van der Waals surface area contributed by atoms with E-state index in [9.17, 15) is 17.8 Å². The smallest absolute Gasteiger partial charge is 0.285 e. The number of oxime groups is 1. The normalized spacial score (nSPS) is 17.6. The standard InChI is InChI=1S/C19H18F2N2O3S/c1-19(2)11-17(22-26-19)27(25,12-14-15(20)9-6-10-16(14)21)23-18(24)13-7-4-3-5-8-13/h3-10H,11-12H2,1-2H3. The number of halogens is 2. The Morgan fingerprint density at radius 3 is 2.33 bits per heavy atom. The zero-order chi connectivity index (χ0) is 19.7. The molecule has 1 aliphatic rings. The van der Waals surface area contributed by atoms with Crippen molar-refractivity contribution in [2.75, 3.05) is 0 Å². The van der Waals surface area contributed by atoms with Gasteiger partial charge in [-0.3, -0.25) is 4.79 Å². The molecule has 27 heavy (non-hydrogen) atoms. The molecule has 2 aromatic rings. The second-order valence-electron chi connectivity index (χ2n) is 6.76. The van der Waals surface area contributed by atoms with Crippen LogP contribution in [0, 0.1) is 11.6 Å². The molecular formula is C19H18F2N2O3S. The van der Waals surface area contributed by atoms with Gasteiger partial charge in [0.1, 0.15) is 27.0 Å². The maximum Gasteiger partial charge on any atom is 0.285 e. The van der Waals surface area contributed by atoms with E-state index in [2.05, 4.69) is 9.52 Å². The maximum atomic E-state index is 14.1. The van der Waals surface area contributed by atoms with Crippen molar-refractivity contribution in [1.29, 1.82) is 0 Å². The fraction of sp³-hybridized carbons (Fsp3) is 0.263. The molecule has 1 heterocycles. The predicted molar refractivity (Wildman–Crippen MR) is 98.6 cm³/mol. The zero-order valence-electron chi connectivity index (χ0n) is 14.8. The molecule has 0 radical (unpaired) electrons. The van der Waals surface area contributed by atoms with Crippen molar-refractivity contribution in [3.05, 3.63) is 71.3 Å². The number of nitrogens with zero attached hydrogens (tertiary/aromatic N) is 2. The summed E-state index contributed by atoms with van der Waals surface area (Å²) in [5.41, 5.74) is -0.922. The molecule has 0 saturated heterocycles. The quantitative estimate of drug-likeness (QED) is 0.783. The largest absolute Gasteiger partial charge is 0.389 e. The first kappa shape index (κ1) is 19.2. The molecule has 0 aliphatic carbocycles. The molecule has 0 aromatic heterocycles. The lowest BCUT2D eigenvalue weighted by Gasteiger charge is -2.14. The highest BCUT2D eigenvalue weighted by Crippen LogP contribution is 2.29. The van der Waals surface area contributed by atoms with Gasteiger partial charge < -0.3 is 4.84 Å². The van der Waals surface area contributed by atoms with Crippen molar-refractivity contribution >= 4 is 20.7 Å². The number of carbonyl (C=O) groups excluding carboxylic acids is 1. The monoisotopic (exact) mass is 392 g/mol. The van der Waals surface area contributed by atoms with E-state index in [1.54, 1.807) is 32.0 Å². The second kappa shape index (κ2) is 7.19. The Kier molecular flexibility index (Phi) is 5.10. The van der Waals surface area contributed by atoms with Crippen molar-refractivity contribution in [2.24, 2.45) is 9.52 Å². The molecular weight excluding hydrogens is 374 g/mol. The summed E-state index contributed by atoms with van der Waals surface area (Å²) in [4.78, 5) is 17.7. The van der Waals surface area contributed by atoms with E-state index in [0.29, 0.717) is 0 Å². The van der Waals surface area contributed by atoms with Gasteiger partial charge in [-0.05, 0) is 38.1 Å². The summed E-state index contributed by atoms with van der Waals surface area (Å²) in [7, 11) is -3.56. The number of amides is 1. The number of carbonyl (C=O) groups is 1. The molecule has 2 aromatic carbocycles. The Bertz CT molecular complexity index is 1010. The van der Waals surface area contributed by atoms with Crippen LogP contribution in [0.1, 0.15) is 36.2 Å². The topological polar surface area (TPSA) is 68.1 Å². The van der Waals surface area contributed by atoms with Crippen LogP contribution in [-0.2, 0) is 20.3 Å². The van der Waals surface area contributed by atoms with Crippen LogP contribution in [-0.4, -0.2) is 20.8 Å². The van der Waals surface area contributed by atoms with Crippen LogP contribution in [0.25, 0.3) is 0 Å². The second-order valence-corrected chi connectivity index (χ2v) is 8.98. The highest BCUT2D eigenvalue weighted by molar-refractivity contribution is 8.07. The van der Waals surface area contributed by atoms with Crippen LogP contribution >= 0.6 is 0 Å². The van der Waals surface area contributed by atoms with E-state index in [4.69, 9.17) is 4.84 Å². The minimum atomic E-state index is -3.56. The summed E-state index contributed by atoms with van der Waals surface area (Å²) in [5, 5.41) is 3.83. The van der Waals surface area contributed by atoms with Crippen molar-refractivity contribution < 1.29 is 22.6 Å². The number of rotatable bonds is 3. The highest BCUT2D eigenvalue weighted by atomic mass is 32.2. The summed E-state index contributed by atoms with van der Waals surface area (Å²) in [6.07, 6.45) is 0.132. The number of hydrogen-bond donors (Lipinski definition) is 0. The molecule has 0 spiro atoms. The third-order valence-corrected chi connectivity index (χ3v) is 6.09. The van der Waals surface area contributed by atoms with E-state index in [1.807, 2.05) is 0 Å². The van der Waals surface area contributed by atoms with Gasteiger partial charge in [-0.25, -0.2) is 13.0 Å². The third kappa shape index (κ3) is 4.21. The van der Waals surface area contributed by atoms with E-state index in [-0.39, 0.29) is 17.0 Å². The van der Waals surface area contributed by atoms with Crippen LogP contribution in [0.5, 0.6) is 0 Å². The van der Waals surface area contributed by atoms with Gasteiger partial charge in [-0.2, -0.15) is 4.36 Å². The van der Waals surface area contributed by atoms with Gasteiger partial charge in [0.05, 0.1) is 5.75 Å². The Labute approximate surface area is 156 Å². The Morgan fingerprint density at radius 2 is 1.78 bits per heavy atom. The highest BCUT2D eigenvalue weighted by Gasteiger charge is 2.36. The van der Waals surface area contributed by atoms with E-state index >= 15 is 0 Å². The van der Waals surface area contributed by atoms with Gasteiger partial charge in [0, 0.05) is 17.5 Å². The van der Waals surface area contributed by atoms with Gasteiger partial charge in [0.25, 0.3) is 5.91 Å². The molecule has 0 saturated carbocycles. The molecule has 3 rings (SSSR count). The van der Waals surface area contributed by atoms with Crippen LogP contribution < -0.4 is 0 Å². The van der Waals surface area contributed by atoms with Gasteiger partial charge in [0.2, 0.25) is 0 Å². The fourth-order valence-electron chi connectivity index (χ4n) is 2.58. The molecule has 1 atom stereocenters. The fourth-order valence-corrected chi connectivity index (χ4v) is 4.68. The Balaban J connectivity index is 2.09. The summed E-state index contributed by atoms with van der Waals surface area (Å²) >= 11 is 0.